The average molecular weight is 356 g/mol. The number of aromatic hydroxyl groups is 1. The van der Waals surface area contributed by atoms with Gasteiger partial charge in [0.25, 0.3) is 0 Å². The average Bonchev–Trinajstić information content (AvgIpc) is 2.67. The lowest BCUT2D eigenvalue weighted by molar-refractivity contribution is 0.0696. The summed E-state index contributed by atoms with van der Waals surface area (Å²) < 4.78 is 0. The third kappa shape index (κ3) is 4.23. The lowest BCUT2D eigenvalue weighted by Gasteiger charge is -2.05. The van der Waals surface area contributed by atoms with Crippen LogP contribution in [0.3, 0.4) is 0 Å². The summed E-state index contributed by atoms with van der Waals surface area (Å²) in [5.74, 6) is 4.49. The minimum Gasteiger partial charge on any atom is -0.507 e. The third-order valence-corrected chi connectivity index (χ3v) is 4.04. The molecule has 0 saturated heterocycles. The van der Waals surface area contributed by atoms with Crippen molar-refractivity contribution >= 4 is 11.8 Å². The lowest BCUT2D eigenvalue weighted by atomic mass is 9.99. The second-order valence-corrected chi connectivity index (χ2v) is 6.06. The van der Waals surface area contributed by atoms with Crippen LogP contribution < -0.4 is 0 Å². The SMILES string of the molecule is Cc1ccc(C(=O)c2cc(C#Cc3ccc(C(=O)O)cc3)ccc2O)cc1. The molecule has 0 amide bonds. The van der Waals surface area contributed by atoms with Gasteiger partial charge in [-0.25, -0.2) is 4.79 Å². The van der Waals surface area contributed by atoms with Gasteiger partial charge in [0.2, 0.25) is 0 Å². The number of aryl methyl sites for hydroxylation is 1. The molecular weight excluding hydrogens is 340 g/mol. The zero-order valence-electron chi connectivity index (χ0n) is 14.6. The van der Waals surface area contributed by atoms with E-state index in [9.17, 15) is 14.7 Å². The summed E-state index contributed by atoms with van der Waals surface area (Å²) in [6.45, 7) is 1.94. The fourth-order valence-electron chi connectivity index (χ4n) is 2.50. The highest BCUT2D eigenvalue weighted by atomic mass is 16.4. The number of rotatable bonds is 3. The van der Waals surface area contributed by atoms with Gasteiger partial charge in [0.05, 0.1) is 11.1 Å². The molecule has 0 bridgehead atoms. The summed E-state index contributed by atoms with van der Waals surface area (Å²) >= 11 is 0. The molecule has 0 aliphatic rings. The van der Waals surface area contributed by atoms with E-state index in [2.05, 4.69) is 11.8 Å². The monoisotopic (exact) mass is 356 g/mol. The van der Waals surface area contributed by atoms with Crippen LogP contribution >= 0.6 is 0 Å². The van der Waals surface area contributed by atoms with Crippen molar-refractivity contribution in [3.05, 3.63) is 100 Å². The number of hydrogen-bond donors (Lipinski definition) is 2. The van der Waals surface area contributed by atoms with E-state index in [1.165, 1.54) is 18.2 Å². The lowest BCUT2D eigenvalue weighted by Crippen LogP contribution is -2.02. The Kier molecular flexibility index (Phi) is 5.05. The minimum absolute atomic E-state index is 0.100. The molecule has 3 rings (SSSR count). The van der Waals surface area contributed by atoms with Gasteiger partial charge in [0.1, 0.15) is 5.75 Å². The first-order valence-electron chi connectivity index (χ1n) is 8.24. The van der Waals surface area contributed by atoms with E-state index in [-0.39, 0.29) is 22.7 Å². The first-order valence-corrected chi connectivity index (χ1v) is 8.24. The standard InChI is InChI=1S/C23H16O4/c1-15-2-9-18(10-3-15)22(25)20-14-17(8-13-21(20)24)5-4-16-6-11-19(12-7-16)23(26)27/h2-3,6-14,24H,1H3,(H,26,27). The van der Waals surface area contributed by atoms with Crippen molar-refractivity contribution in [1.29, 1.82) is 0 Å². The molecule has 132 valence electrons. The number of carboxylic acids is 1. The number of aromatic carboxylic acids is 1. The van der Waals surface area contributed by atoms with Gasteiger partial charge in [-0.05, 0) is 49.4 Å². The Morgan fingerprint density at radius 3 is 1.96 bits per heavy atom. The van der Waals surface area contributed by atoms with Gasteiger partial charge < -0.3 is 10.2 Å². The van der Waals surface area contributed by atoms with E-state index in [4.69, 9.17) is 5.11 Å². The Morgan fingerprint density at radius 1 is 0.778 bits per heavy atom. The molecule has 0 radical (unpaired) electrons. The highest BCUT2D eigenvalue weighted by molar-refractivity contribution is 6.10. The van der Waals surface area contributed by atoms with Crippen molar-refractivity contribution in [2.24, 2.45) is 0 Å². The van der Waals surface area contributed by atoms with Gasteiger partial charge in [-0.1, -0.05) is 41.7 Å². The van der Waals surface area contributed by atoms with Gasteiger partial charge in [-0.15, -0.1) is 0 Å². The summed E-state index contributed by atoms with van der Waals surface area (Å²) in [5.41, 5.74) is 3.14. The molecular formula is C23H16O4. The van der Waals surface area contributed by atoms with Crippen LogP contribution in [0.5, 0.6) is 5.75 Å². The van der Waals surface area contributed by atoms with Gasteiger partial charge in [-0.3, -0.25) is 4.79 Å². The van der Waals surface area contributed by atoms with Crippen molar-refractivity contribution in [3.8, 4) is 17.6 Å². The van der Waals surface area contributed by atoms with Crippen molar-refractivity contribution < 1.29 is 19.8 Å². The fraction of sp³-hybridized carbons (Fsp3) is 0.0435. The Balaban J connectivity index is 1.88. The number of carbonyl (C=O) groups excluding carboxylic acids is 1. The largest absolute Gasteiger partial charge is 0.507 e. The van der Waals surface area contributed by atoms with Crippen LogP contribution in [0.15, 0.2) is 66.7 Å². The van der Waals surface area contributed by atoms with Gasteiger partial charge >= 0.3 is 5.97 Å². The first-order chi connectivity index (χ1) is 12.9. The maximum atomic E-state index is 12.6. The number of ketones is 1. The summed E-state index contributed by atoms with van der Waals surface area (Å²) in [6, 6.07) is 18.0. The molecule has 4 nitrogen and oxygen atoms in total. The number of benzene rings is 3. The molecule has 2 N–H and O–H groups in total. The van der Waals surface area contributed by atoms with Crippen LogP contribution in [0.2, 0.25) is 0 Å². The normalized spacial score (nSPS) is 9.96. The molecule has 0 atom stereocenters. The van der Waals surface area contributed by atoms with Crippen LogP contribution in [-0.4, -0.2) is 22.0 Å². The number of carbonyl (C=O) groups is 2. The summed E-state index contributed by atoms with van der Waals surface area (Å²) in [5, 5.41) is 19.0. The van der Waals surface area contributed by atoms with Crippen LogP contribution in [-0.2, 0) is 0 Å². The number of phenols is 1. The van der Waals surface area contributed by atoms with Crippen molar-refractivity contribution in [3.63, 3.8) is 0 Å². The second kappa shape index (κ2) is 7.59. The van der Waals surface area contributed by atoms with Crippen molar-refractivity contribution in [1.82, 2.24) is 0 Å². The smallest absolute Gasteiger partial charge is 0.335 e. The molecule has 0 spiro atoms. The molecule has 0 saturated carbocycles. The van der Waals surface area contributed by atoms with E-state index in [1.807, 2.05) is 19.1 Å². The molecule has 0 heterocycles. The predicted molar refractivity (Wildman–Crippen MR) is 102 cm³/mol. The van der Waals surface area contributed by atoms with Crippen LogP contribution in [0, 0.1) is 18.8 Å². The Bertz CT molecular complexity index is 1070. The molecule has 0 aliphatic heterocycles. The number of hydrogen-bond acceptors (Lipinski definition) is 3. The van der Waals surface area contributed by atoms with E-state index < -0.39 is 5.97 Å². The molecule has 0 fully saturated rings. The number of phenolic OH excluding ortho intramolecular Hbond substituents is 1. The van der Waals surface area contributed by atoms with Crippen LogP contribution in [0.1, 0.15) is 43.0 Å². The topological polar surface area (TPSA) is 74.6 Å². The second-order valence-electron chi connectivity index (χ2n) is 6.06. The molecule has 4 heteroatoms. The molecule has 3 aromatic carbocycles. The van der Waals surface area contributed by atoms with Crippen LogP contribution in [0.25, 0.3) is 0 Å². The summed E-state index contributed by atoms with van der Waals surface area (Å²) in [7, 11) is 0. The quantitative estimate of drug-likeness (QED) is 0.549. The Morgan fingerprint density at radius 2 is 1.33 bits per heavy atom. The Hall–Kier alpha value is -3.84. The highest BCUT2D eigenvalue weighted by Gasteiger charge is 2.13. The highest BCUT2D eigenvalue weighted by Crippen LogP contribution is 2.22. The summed E-state index contributed by atoms with van der Waals surface area (Å²) in [4.78, 5) is 23.5. The molecule has 0 aromatic heterocycles. The minimum atomic E-state index is -0.993. The van der Waals surface area contributed by atoms with E-state index in [0.717, 1.165) is 5.56 Å². The predicted octanol–water partition coefficient (Wildman–Crippen LogP) is 4.03. The van der Waals surface area contributed by atoms with Crippen molar-refractivity contribution in [2.75, 3.05) is 0 Å². The number of carboxylic acid groups (broad SMARTS) is 1. The van der Waals surface area contributed by atoms with Gasteiger partial charge in [0, 0.05) is 16.7 Å². The maximum Gasteiger partial charge on any atom is 0.335 e. The zero-order chi connectivity index (χ0) is 19.4. The van der Waals surface area contributed by atoms with E-state index in [0.29, 0.717) is 16.7 Å². The Labute approximate surface area is 156 Å². The van der Waals surface area contributed by atoms with Gasteiger partial charge in [-0.2, -0.15) is 0 Å². The van der Waals surface area contributed by atoms with E-state index in [1.54, 1.807) is 36.4 Å². The van der Waals surface area contributed by atoms with Gasteiger partial charge in [0.15, 0.2) is 5.78 Å². The summed E-state index contributed by atoms with van der Waals surface area (Å²) in [6.07, 6.45) is 0. The van der Waals surface area contributed by atoms with Crippen LogP contribution in [0.4, 0.5) is 0 Å². The first kappa shape index (κ1) is 18.0. The molecule has 0 aliphatic carbocycles. The van der Waals surface area contributed by atoms with E-state index >= 15 is 0 Å². The fourth-order valence-corrected chi connectivity index (χ4v) is 2.50. The maximum absolute atomic E-state index is 12.6. The molecule has 27 heavy (non-hydrogen) atoms. The van der Waals surface area contributed by atoms with Crippen molar-refractivity contribution in [2.45, 2.75) is 6.92 Å². The zero-order valence-corrected chi connectivity index (χ0v) is 14.6. The molecule has 3 aromatic rings. The molecule has 0 unspecified atom stereocenters. The third-order valence-electron chi connectivity index (χ3n) is 4.04.